The predicted molar refractivity (Wildman–Crippen MR) is 111 cm³/mol. The van der Waals surface area contributed by atoms with Crippen LogP contribution in [0.2, 0.25) is 0 Å². The predicted octanol–water partition coefficient (Wildman–Crippen LogP) is 2.43. The van der Waals surface area contributed by atoms with E-state index in [0.717, 1.165) is 37.7 Å². The first-order valence-corrected chi connectivity index (χ1v) is 8.10. The Morgan fingerprint density at radius 2 is 1.72 bits per heavy atom. The second-order valence-electron chi connectivity index (χ2n) is 5.23. The van der Waals surface area contributed by atoms with Gasteiger partial charge in [0.05, 0.1) is 6.26 Å². The van der Waals surface area contributed by atoms with E-state index in [2.05, 4.69) is 20.9 Å². The number of hydrogen-bond donors (Lipinski definition) is 3. The van der Waals surface area contributed by atoms with Gasteiger partial charge in [0, 0.05) is 38.7 Å². The summed E-state index contributed by atoms with van der Waals surface area (Å²) in [4.78, 5) is 16.0. The zero-order valence-corrected chi connectivity index (χ0v) is 16.7. The molecule has 0 atom stereocenters. The summed E-state index contributed by atoms with van der Waals surface area (Å²) in [5, 5.41) is 9.35. The third-order valence-electron chi connectivity index (χ3n) is 3.44. The van der Waals surface area contributed by atoms with E-state index in [0.29, 0.717) is 12.1 Å². The highest BCUT2D eigenvalue weighted by atomic mass is 127. The number of benzene rings is 1. The summed E-state index contributed by atoms with van der Waals surface area (Å²) >= 11 is 0. The number of rotatable bonds is 8. The van der Waals surface area contributed by atoms with Gasteiger partial charge < -0.3 is 20.4 Å². The molecule has 136 valence electrons. The number of guanidine groups is 1. The quantitative estimate of drug-likeness (QED) is 0.247. The zero-order valence-electron chi connectivity index (χ0n) is 14.3. The lowest BCUT2D eigenvalue weighted by Gasteiger charge is -2.11. The Morgan fingerprint density at radius 1 is 1.00 bits per heavy atom. The molecule has 0 spiro atoms. The number of amides is 1. The first kappa shape index (κ1) is 21.0. The van der Waals surface area contributed by atoms with Crippen LogP contribution < -0.4 is 16.0 Å². The van der Waals surface area contributed by atoms with Crippen molar-refractivity contribution in [2.45, 2.75) is 12.8 Å². The summed E-state index contributed by atoms with van der Waals surface area (Å²) < 4.78 is 5.28. The van der Waals surface area contributed by atoms with E-state index in [4.69, 9.17) is 4.42 Å². The number of carbonyl (C=O) groups excluding carboxylic acids is 1. The Morgan fingerprint density at radius 3 is 2.40 bits per heavy atom. The molecule has 0 aliphatic carbocycles. The molecule has 0 aliphatic rings. The van der Waals surface area contributed by atoms with Crippen molar-refractivity contribution in [3.05, 3.63) is 60.1 Å². The molecule has 0 unspecified atom stereocenters. The van der Waals surface area contributed by atoms with Gasteiger partial charge in [-0.3, -0.25) is 9.79 Å². The maximum atomic E-state index is 11.9. The van der Waals surface area contributed by atoms with E-state index in [-0.39, 0.29) is 29.9 Å². The third-order valence-corrected chi connectivity index (χ3v) is 3.44. The van der Waals surface area contributed by atoms with Gasteiger partial charge in [-0.25, -0.2) is 0 Å². The van der Waals surface area contributed by atoms with E-state index < -0.39 is 0 Å². The molecule has 0 aliphatic heterocycles. The fraction of sp³-hybridized carbons (Fsp3) is 0.333. The van der Waals surface area contributed by atoms with Crippen LogP contribution in [0.1, 0.15) is 22.5 Å². The lowest BCUT2D eigenvalue weighted by atomic mass is 10.2. The van der Waals surface area contributed by atoms with Gasteiger partial charge >= 0.3 is 0 Å². The SMILES string of the molecule is CN=C(NCCCNC(=O)c1ccccc1)NCCc1ccco1.I. The highest BCUT2D eigenvalue weighted by molar-refractivity contribution is 14.0. The second-order valence-corrected chi connectivity index (χ2v) is 5.23. The first-order chi connectivity index (χ1) is 11.8. The van der Waals surface area contributed by atoms with Crippen molar-refractivity contribution in [2.24, 2.45) is 4.99 Å². The third kappa shape index (κ3) is 8.06. The standard InChI is InChI=1S/C18H24N4O2.HI/c1-19-18(22-13-10-16-9-5-14-24-16)21-12-6-11-20-17(23)15-7-3-2-4-8-15;/h2-5,7-9,14H,6,10-13H2,1H3,(H,20,23)(H2,19,21,22);1H. The average molecular weight is 456 g/mol. The number of aliphatic imine (C=N–C) groups is 1. The average Bonchev–Trinajstić information content (AvgIpc) is 3.14. The lowest BCUT2D eigenvalue weighted by molar-refractivity contribution is 0.0953. The van der Waals surface area contributed by atoms with Crippen LogP contribution in [0.3, 0.4) is 0 Å². The van der Waals surface area contributed by atoms with Crippen molar-refractivity contribution in [2.75, 3.05) is 26.7 Å². The van der Waals surface area contributed by atoms with Gasteiger partial charge in [0.25, 0.3) is 5.91 Å². The van der Waals surface area contributed by atoms with E-state index >= 15 is 0 Å². The molecule has 0 bridgehead atoms. The molecule has 0 radical (unpaired) electrons. The van der Waals surface area contributed by atoms with Crippen molar-refractivity contribution in [3.63, 3.8) is 0 Å². The molecule has 7 heteroatoms. The molecule has 0 saturated carbocycles. The molecule has 3 N–H and O–H groups in total. The van der Waals surface area contributed by atoms with Crippen molar-refractivity contribution < 1.29 is 9.21 Å². The van der Waals surface area contributed by atoms with Gasteiger partial charge in [0.15, 0.2) is 5.96 Å². The Hall–Kier alpha value is -2.03. The monoisotopic (exact) mass is 456 g/mol. The van der Waals surface area contributed by atoms with Crippen molar-refractivity contribution >= 4 is 35.8 Å². The molecule has 2 aromatic rings. The molecular formula is C18H25IN4O2. The number of halogens is 1. The highest BCUT2D eigenvalue weighted by Gasteiger charge is 2.03. The summed E-state index contributed by atoms with van der Waals surface area (Å²) in [6, 6.07) is 13.0. The molecular weight excluding hydrogens is 431 g/mol. The molecule has 0 fully saturated rings. The molecule has 0 saturated heterocycles. The van der Waals surface area contributed by atoms with Crippen molar-refractivity contribution in [1.29, 1.82) is 0 Å². The van der Waals surface area contributed by atoms with Crippen LogP contribution in [-0.2, 0) is 6.42 Å². The van der Waals surface area contributed by atoms with Crippen LogP contribution in [0.4, 0.5) is 0 Å². The normalized spacial score (nSPS) is 10.7. The van der Waals surface area contributed by atoms with Crippen LogP contribution in [0.25, 0.3) is 0 Å². The van der Waals surface area contributed by atoms with Gasteiger partial charge in [0.2, 0.25) is 0 Å². The summed E-state index contributed by atoms with van der Waals surface area (Å²) in [5.41, 5.74) is 0.681. The van der Waals surface area contributed by atoms with E-state index in [1.165, 1.54) is 0 Å². The molecule has 1 aromatic carbocycles. The smallest absolute Gasteiger partial charge is 0.251 e. The highest BCUT2D eigenvalue weighted by Crippen LogP contribution is 1.99. The number of nitrogens with zero attached hydrogens (tertiary/aromatic N) is 1. The summed E-state index contributed by atoms with van der Waals surface area (Å²) in [5.74, 6) is 1.65. The molecule has 25 heavy (non-hydrogen) atoms. The minimum Gasteiger partial charge on any atom is -0.469 e. The molecule has 1 aromatic heterocycles. The van der Waals surface area contributed by atoms with Crippen LogP contribution in [-0.4, -0.2) is 38.5 Å². The molecule has 6 nitrogen and oxygen atoms in total. The Kier molecular flexibility index (Phi) is 10.4. The fourth-order valence-electron chi connectivity index (χ4n) is 2.17. The molecule has 1 heterocycles. The maximum Gasteiger partial charge on any atom is 0.251 e. The van der Waals surface area contributed by atoms with Crippen LogP contribution in [0.15, 0.2) is 58.1 Å². The number of nitrogens with one attached hydrogen (secondary N) is 3. The van der Waals surface area contributed by atoms with Gasteiger partial charge in [-0.15, -0.1) is 24.0 Å². The lowest BCUT2D eigenvalue weighted by Crippen LogP contribution is -2.39. The maximum absolute atomic E-state index is 11.9. The van der Waals surface area contributed by atoms with Gasteiger partial charge in [-0.05, 0) is 30.7 Å². The molecule has 1 amide bonds. The second kappa shape index (κ2) is 12.3. The summed E-state index contributed by atoms with van der Waals surface area (Å²) in [7, 11) is 1.74. The zero-order chi connectivity index (χ0) is 17.0. The van der Waals surface area contributed by atoms with Gasteiger partial charge in [0.1, 0.15) is 5.76 Å². The number of hydrogen-bond acceptors (Lipinski definition) is 3. The fourth-order valence-corrected chi connectivity index (χ4v) is 2.17. The van der Waals surface area contributed by atoms with Crippen molar-refractivity contribution in [3.8, 4) is 0 Å². The summed E-state index contributed by atoms with van der Waals surface area (Å²) in [6.07, 6.45) is 3.30. The van der Waals surface area contributed by atoms with Gasteiger partial charge in [-0.1, -0.05) is 18.2 Å². The van der Waals surface area contributed by atoms with Crippen LogP contribution in [0.5, 0.6) is 0 Å². The Labute approximate surface area is 165 Å². The van der Waals surface area contributed by atoms with E-state index in [1.54, 1.807) is 25.4 Å². The Bertz CT molecular complexity index is 630. The number of carbonyl (C=O) groups is 1. The van der Waals surface area contributed by atoms with Crippen molar-refractivity contribution in [1.82, 2.24) is 16.0 Å². The molecule has 2 rings (SSSR count). The minimum atomic E-state index is -0.0449. The minimum absolute atomic E-state index is 0. The van der Waals surface area contributed by atoms with E-state index in [1.807, 2.05) is 30.3 Å². The topological polar surface area (TPSA) is 78.7 Å². The Balaban J connectivity index is 0.00000312. The van der Waals surface area contributed by atoms with Gasteiger partial charge in [-0.2, -0.15) is 0 Å². The number of furan rings is 1. The van der Waals surface area contributed by atoms with Crippen LogP contribution in [0, 0.1) is 0 Å². The first-order valence-electron chi connectivity index (χ1n) is 8.10. The largest absolute Gasteiger partial charge is 0.469 e. The van der Waals surface area contributed by atoms with E-state index in [9.17, 15) is 4.79 Å². The van der Waals surface area contributed by atoms with Crippen LogP contribution >= 0.6 is 24.0 Å². The summed E-state index contributed by atoms with van der Waals surface area (Å²) in [6.45, 7) is 2.09.